The molecular weight excluding hydrogens is 254 g/mol. The topological polar surface area (TPSA) is 65.5 Å². The summed E-state index contributed by atoms with van der Waals surface area (Å²) < 4.78 is 0. The Morgan fingerprint density at radius 3 is 2.65 bits per heavy atom. The van der Waals surface area contributed by atoms with Crippen LogP contribution >= 0.6 is 0 Å². The molecule has 0 saturated heterocycles. The van der Waals surface area contributed by atoms with E-state index in [2.05, 4.69) is 17.2 Å². The van der Waals surface area contributed by atoms with Gasteiger partial charge in [-0.05, 0) is 38.8 Å². The highest BCUT2D eigenvalue weighted by Crippen LogP contribution is 2.13. The lowest BCUT2D eigenvalue weighted by molar-refractivity contribution is 0.0767. The Morgan fingerprint density at radius 1 is 1.40 bits per heavy atom. The largest absolute Gasteiger partial charge is 0.396 e. The van der Waals surface area contributed by atoms with Crippen molar-refractivity contribution >= 4 is 11.6 Å². The monoisotopic (exact) mass is 279 g/mol. The van der Waals surface area contributed by atoms with Crippen LogP contribution in [0.1, 0.15) is 44.1 Å². The highest BCUT2D eigenvalue weighted by Gasteiger charge is 2.14. The van der Waals surface area contributed by atoms with Gasteiger partial charge in [-0.3, -0.25) is 9.78 Å². The van der Waals surface area contributed by atoms with Crippen LogP contribution in [0.15, 0.2) is 18.3 Å². The van der Waals surface area contributed by atoms with Crippen molar-refractivity contribution in [3.8, 4) is 0 Å². The van der Waals surface area contributed by atoms with E-state index in [9.17, 15) is 4.79 Å². The number of nitrogens with zero attached hydrogens (tertiary/aromatic N) is 2. The molecule has 0 saturated carbocycles. The van der Waals surface area contributed by atoms with Crippen LogP contribution in [0.3, 0.4) is 0 Å². The SMILES string of the molecule is CCC(CCO)Nc1ccnc(C(=O)N(CC)CC)c1. The molecule has 0 fully saturated rings. The molecule has 1 amide bonds. The molecule has 5 heteroatoms. The average molecular weight is 279 g/mol. The van der Waals surface area contributed by atoms with Gasteiger partial charge >= 0.3 is 0 Å². The molecule has 1 rings (SSSR count). The second-order valence-corrected chi connectivity index (χ2v) is 4.67. The maximum atomic E-state index is 12.2. The van der Waals surface area contributed by atoms with E-state index in [4.69, 9.17) is 5.11 Å². The number of aliphatic hydroxyl groups is 1. The summed E-state index contributed by atoms with van der Waals surface area (Å²) in [6.45, 7) is 7.49. The Labute approximate surface area is 121 Å². The lowest BCUT2D eigenvalue weighted by Crippen LogP contribution is -2.31. The molecule has 1 unspecified atom stereocenters. The van der Waals surface area contributed by atoms with E-state index in [1.807, 2.05) is 19.9 Å². The molecule has 0 radical (unpaired) electrons. The number of aromatic nitrogens is 1. The molecule has 1 atom stereocenters. The van der Waals surface area contributed by atoms with Gasteiger partial charge in [-0.2, -0.15) is 0 Å². The Hall–Kier alpha value is -1.62. The predicted octanol–water partition coefficient (Wildman–Crippen LogP) is 2.14. The standard InChI is InChI=1S/C15H25N3O2/c1-4-12(8-10-19)17-13-7-9-16-14(11-13)15(20)18(5-2)6-3/h7,9,11-12,19H,4-6,8,10H2,1-3H3,(H,16,17). The minimum Gasteiger partial charge on any atom is -0.396 e. The lowest BCUT2D eigenvalue weighted by Gasteiger charge is -2.20. The smallest absolute Gasteiger partial charge is 0.272 e. The molecule has 112 valence electrons. The number of carbonyl (C=O) groups excluding carboxylic acids is 1. The van der Waals surface area contributed by atoms with Crippen molar-refractivity contribution in [2.75, 3.05) is 25.0 Å². The first-order valence-electron chi connectivity index (χ1n) is 7.28. The third-order valence-electron chi connectivity index (χ3n) is 3.37. The molecule has 1 heterocycles. The highest BCUT2D eigenvalue weighted by atomic mass is 16.3. The van der Waals surface area contributed by atoms with Crippen molar-refractivity contribution in [3.63, 3.8) is 0 Å². The van der Waals surface area contributed by atoms with Crippen molar-refractivity contribution in [2.45, 2.75) is 39.7 Å². The van der Waals surface area contributed by atoms with Crippen LogP contribution in [0.2, 0.25) is 0 Å². The summed E-state index contributed by atoms with van der Waals surface area (Å²) in [6, 6.07) is 3.83. The normalized spacial score (nSPS) is 12.0. The molecule has 20 heavy (non-hydrogen) atoms. The van der Waals surface area contributed by atoms with Gasteiger partial charge in [0.2, 0.25) is 0 Å². The number of pyridine rings is 1. The average Bonchev–Trinajstić information content (AvgIpc) is 2.48. The zero-order chi connectivity index (χ0) is 15.0. The minimum absolute atomic E-state index is 0.0474. The van der Waals surface area contributed by atoms with Crippen LogP contribution in [0, 0.1) is 0 Å². The number of rotatable bonds is 8. The second-order valence-electron chi connectivity index (χ2n) is 4.67. The lowest BCUT2D eigenvalue weighted by atomic mass is 10.1. The van der Waals surface area contributed by atoms with Crippen LogP contribution in [0.5, 0.6) is 0 Å². The highest BCUT2D eigenvalue weighted by molar-refractivity contribution is 5.93. The Kier molecular flexibility index (Phi) is 7.01. The number of nitrogens with one attached hydrogen (secondary N) is 1. The predicted molar refractivity (Wildman–Crippen MR) is 80.9 cm³/mol. The second kappa shape index (κ2) is 8.53. The van der Waals surface area contributed by atoms with Gasteiger partial charge in [-0.25, -0.2) is 0 Å². The number of carbonyl (C=O) groups is 1. The maximum Gasteiger partial charge on any atom is 0.272 e. The number of hydrogen-bond donors (Lipinski definition) is 2. The van der Waals surface area contributed by atoms with Gasteiger partial charge in [-0.1, -0.05) is 6.92 Å². The van der Waals surface area contributed by atoms with Crippen LogP contribution in [-0.2, 0) is 0 Å². The molecule has 0 aromatic carbocycles. The molecule has 2 N–H and O–H groups in total. The minimum atomic E-state index is -0.0474. The molecule has 0 aliphatic carbocycles. The van der Waals surface area contributed by atoms with E-state index < -0.39 is 0 Å². The van der Waals surface area contributed by atoms with Gasteiger partial charge in [0.05, 0.1) is 0 Å². The first-order chi connectivity index (χ1) is 9.65. The fraction of sp³-hybridized carbons (Fsp3) is 0.600. The quantitative estimate of drug-likeness (QED) is 0.765. The van der Waals surface area contributed by atoms with E-state index in [1.54, 1.807) is 17.2 Å². The molecule has 1 aromatic heterocycles. The van der Waals surface area contributed by atoms with Gasteiger partial charge in [0.15, 0.2) is 0 Å². The molecule has 1 aromatic rings. The molecule has 0 aliphatic heterocycles. The van der Waals surface area contributed by atoms with Crippen molar-refractivity contribution in [1.29, 1.82) is 0 Å². The number of anilines is 1. The number of hydrogen-bond acceptors (Lipinski definition) is 4. The zero-order valence-corrected chi connectivity index (χ0v) is 12.6. The summed E-state index contributed by atoms with van der Waals surface area (Å²) in [7, 11) is 0. The van der Waals surface area contributed by atoms with Crippen molar-refractivity contribution < 1.29 is 9.90 Å². The van der Waals surface area contributed by atoms with E-state index in [1.165, 1.54) is 0 Å². The van der Waals surface area contributed by atoms with Gasteiger partial charge in [0.1, 0.15) is 5.69 Å². The van der Waals surface area contributed by atoms with Crippen LogP contribution < -0.4 is 5.32 Å². The van der Waals surface area contributed by atoms with Crippen LogP contribution in [-0.4, -0.2) is 46.6 Å². The van der Waals surface area contributed by atoms with Crippen LogP contribution in [0.25, 0.3) is 0 Å². The summed E-state index contributed by atoms with van der Waals surface area (Å²) in [5, 5.41) is 12.3. The maximum absolute atomic E-state index is 12.2. The van der Waals surface area contributed by atoms with E-state index in [0.717, 1.165) is 12.1 Å². The van der Waals surface area contributed by atoms with E-state index >= 15 is 0 Å². The van der Waals surface area contributed by atoms with Crippen molar-refractivity contribution in [3.05, 3.63) is 24.0 Å². The summed E-state index contributed by atoms with van der Waals surface area (Å²) in [4.78, 5) is 18.1. The third-order valence-corrected chi connectivity index (χ3v) is 3.37. The third kappa shape index (κ3) is 4.49. The van der Waals surface area contributed by atoms with Crippen LogP contribution in [0.4, 0.5) is 5.69 Å². The molecule has 5 nitrogen and oxygen atoms in total. The summed E-state index contributed by atoms with van der Waals surface area (Å²) >= 11 is 0. The fourth-order valence-corrected chi connectivity index (χ4v) is 2.08. The number of aliphatic hydroxyl groups excluding tert-OH is 1. The molecule has 0 bridgehead atoms. The Bertz CT molecular complexity index is 419. The van der Waals surface area contributed by atoms with E-state index in [-0.39, 0.29) is 18.6 Å². The first kappa shape index (κ1) is 16.4. The fourth-order valence-electron chi connectivity index (χ4n) is 2.08. The summed E-state index contributed by atoms with van der Waals surface area (Å²) in [5.41, 5.74) is 1.33. The summed E-state index contributed by atoms with van der Waals surface area (Å²) in [6.07, 6.45) is 3.26. The Morgan fingerprint density at radius 2 is 2.10 bits per heavy atom. The number of amides is 1. The van der Waals surface area contributed by atoms with Gasteiger partial charge in [-0.15, -0.1) is 0 Å². The Balaban J connectivity index is 2.82. The van der Waals surface area contributed by atoms with E-state index in [0.29, 0.717) is 25.2 Å². The first-order valence-corrected chi connectivity index (χ1v) is 7.28. The van der Waals surface area contributed by atoms with Crippen molar-refractivity contribution in [1.82, 2.24) is 9.88 Å². The zero-order valence-electron chi connectivity index (χ0n) is 12.6. The molecule has 0 aliphatic rings. The van der Waals surface area contributed by atoms with Gasteiger partial charge in [0.25, 0.3) is 5.91 Å². The molecular formula is C15H25N3O2. The van der Waals surface area contributed by atoms with Crippen molar-refractivity contribution in [2.24, 2.45) is 0 Å². The van der Waals surface area contributed by atoms with Gasteiger partial charge in [0, 0.05) is 37.6 Å². The molecule has 0 spiro atoms. The van der Waals surface area contributed by atoms with Gasteiger partial charge < -0.3 is 15.3 Å². The summed E-state index contributed by atoms with van der Waals surface area (Å²) in [5.74, 6) is -0.0474.